The lowest BCUT2D eigenvalue weighted by atomic mass is 9.83. The van der Waals surface area contributed by atoms with E-state index >= 15 is 0 Å². The Hall–Kier alpha value is -0.470. The number of halogens is 2. The van der Waals surface area contributed by atoms with Crippen molar-refractivity contribution in [3.05, 3.63) is 0 Å². The average Bonchev–Trinajstić information content (AvgIpc) is 2.29. The van der Waals surface area contributed by atoms with Crippen LogP contribution in [0, 0.1) is 5.41 Å². The van der Waals surface area contributed by atoms with Crippen LogP contribution in [-0.2, 0) is 4.79 Å². The summed E-state index contributed by atoms with van der Waals surface area (Å²) in [5.41, 5.74) is -0.710. The number of carbonyl (C=O) groups excluding carboxylic acids is 1. The molecular weight excluding hydrogens is 162 g/mol. The van der Waals surface area contributed by atoms with Crippen molar-refractivity contribution in [2.75, 3.05) is 0 Å². The zero-order valence-electron chi connectivity index (χ0n) is 7.28. The van der Waals surface area contributed by atoms with Crippen LogP contribution in [-0.4, -0.2) is 12.2 Å². The molecule has 0 aliphatic heterocycles. The van der Waals surface area contributed by atoms with Gasteiger partial charge in [-0.1, -0.05) is 13.3 Å². The highest BCUT2D eigenvalue weighted by Gasteiger charge is 2.48. The average molecular weight is 176 g/mol. The molecule has 0 N–H and O–H groups in total. The van der Waals surface area contributed by atoms with Gasteiger partial charge in [-0.25, -0.2) is 8.78 Å². The Morgan fingerprint density at radius 1 is 1.42 bits per heavy atom. The molecule has 0 saturated heterocycles. The molecule has 0 radical (unpaired) electrons. The molecular formula is C9H14F2O. The molecule has 1 aliphatic carbocycles. The lowest BCUT2D eigenvalue weighted by molar-refractivity contribution is -0.118. The first-order valence-electron chi connectivity index (χ1n) is 4.38. The molecule has 0 spiro atoms. The first kappa shape index (κ1) is 9.62. The third kappa shape index (κ3) is 1.82. The van der Waals surface area contributed by atoms with E-state index in [2.05, 4.69) is 0 Å². The van der Waals surface area contributed by atoms with Crippen LogP contribution in [0.5, 0.6) is 0 Å². The highest BCUT2D eigenvalue weighted by molar-refractivity contribution is 5.60. The van der Waals surface area contributed by atoms with Crippen LogP contribution in [0.1, 0.15) is 39.0 Å². The lowest BCUT2D eigenvalue weighted by Crippen LogP contribution is -2.21. The molecule has 1 aliphatic rings. The highest BCUT2D eigenvalue weighted by Crippen LogP contribution is 2.48. The molecule has 3 heteroatoms. The smallest absolute Gasteiger partial charge is 0.249 e. The summed E-state index contributed by atoms with van der Waals surface area (Å²) in [6, 6.07) is 0. The minimum absolute atomic E-state index is 0.119. The number of hydrogen-bond donors (Lipinski definition) is 0. The summed E-state index contributed by atoms with van der Waals surface area (Å²) >= 11 is 0. The summed E-state index contributed by atoms with van der Waals surface area (Å²) in [5, 5.41) is 0. The van der Waals surface area contributed by atoms with Crippen molar-refractivity contribution in [3.8, 4) is 0 Å². The van der Waals surface area contributed by atoms with E-state index in [1.807, 2.05) is 6.92 Å². The SMILES string of the molecule is CCCC1(C=O)CCC(F)(F)C1. The zero-order chi connectivity index (χ0) is 9.24. The van der Waals surface area contributed by atoms with Crippen LogP contribution in [0.25, 0.3) is 0 Å². The second kappa shape index (κ2) is 3.11. The fourth-order valence-corrected chi connectivity index (χ4v) is 1.99. The van der Waals surface area contributed by atoms with Gasteiger partial charge in [0.25, 0.3) is 0 Å². The van der Waals surface area contributed by atoms with Crippen LogP contribution in [0.3, 0.4) is 0 Å². The Balaban J connectivity index is 2.65. The molecule has 1 nitrogen and oxygen atoms in total. The molecule has 1 unspecified atom stereocenters. The zero-order valence-corrected chi connectivity index (χ0v) is 7.28. The van der Waals surface area contributed by atoms with Crippen molar-refractivity contribution >= 4 is 6.29 Å². The first-order valence-corrected chi connectivity index (χ1v) is 4.38. The van der Waals surface area contributed by atoms with Gasteiger partial charge in [0.15, 0.2) is 0 Å². The van der Waals surface area contributed by atoms with Gasteiger partial charge in [-0.2, -0.15) is 0 Å². The molecule has 12 heavy (non-hydrogen) atoms. The Morgan fingerprint density at radius 2 is 2.08 bits per heavy atom. The number of alkyl halides is 2. The van der Waals surface area contributed by atoms with Gasteiger partial charge in [-0.05, 0) is 12.8 Å². The fraction of sp³-hybridized carbons (Fsp3) is 0.889. The first-order chi connectivity index (χ1) is 5.54. The number of aldehydes is 1. The second-order valence-corrected chi connectivity index (χ2v) is 3.76. The van der Waals surface area contributed by atoms with E-state index in [1.54, 1.807) is 0 Å². The molecule has 1 atom stereocenters. The molecule has 0 amide bonds. The third-order valence-electron chi connectivity index (χ3n) is 2.60. The molecule has 0 bridgehead atoms. The fourth-order valence-electron chi connectivity index (χ4n) is 1.99. The molecule has 1 rings (SSSR count). The Labute approximate surface area is 71.1 Å². The standard InChI is InChI=1S/C9H14F2O/c1-2-3-8(7-12)4-5-9(10,11)6-8/h7H,2-6H2,1H3. The van der Waals surface area contributed by atoms with Gasteiger partial charge in [-0.15, -0.1) is 0 Å². The molecule has 1 saturated carbocycles. The van der Waals surface area contributed by atoms with Gasteiger partial charge in [0.2, 0.25) is 5.92 Å². The summed E-state index contributed by atoms with van der Waals surface area (Å²) in [7, 11) is 0. The summed E-state index contributed by atoms with van der Waals surface area (Å²) in [6.45, 7) is 1.92. The van der Waals surface area contributed by atoms with Gasteiger partial charge in [0.05, 0.1) is 0 Å². The predicted octanol–water partition coefficient (Wildman–Crippen LogP) is 2.79. The molecule has 70 valence electrons. The monoisotopic (exact) mass is 176 g/mol. The second-order valence-electron chi connectivity index (χ2n) is 3.76. The van der Waals surface area contributed by atoms with Crippen molar-refractivity contribution < 1.29 is 13.6 Å². The highest BCUT2D eigenvalue weighted by atomic mass is 19.3. The van der Waals surface area contributed by atoms with Crippen LogP contribution in [0.15, 0.2) is 0 Å². The van der Waals surface area contributed by atoms with Crippen molar-refractivity contribution in [3.63, 3.8) is 0 Å². The van der Waals surface area contributed by atoms with E-state index in [0.29, 0.717) is 12.8 Å². The Kier molecular flexibility index (Phi) is 2.49. The van der Waals surface area contributed by atoms with E-state index in [0.717, 1.165) is 12.7 Å². The third-order valence-corrected chi connectivity index (χ3v) is 2.60. The van der Waals surface area contributed by atoms with Gasteiger partial charge in [0.1, 0.15) is 6.29 Å². The Morgan fingerprint density at radius 3 is 2.42 bits per heavy atom. The maximum atomic E-state index is 12.8. The van der Waals surface area contributed by atoms with E-state index in [-0.39, 0.29) is 12.8 Å². The maximum absolute atomic E-state index is 12.8. The van der Waals surface area contributed by atoms with Crippen molar-refractivity contribution in [1.82, 2.24) is 0 Å². The van der Waals surface area contributed by atoms with E-state index in [9.17, 15) is 13.6 Å². The molecule has 1 fully saturated rings. The summed E-state index contributed by atoms with van der Waals surface area (Å²) < 4.78 is 25.6. The number of hydrogen-bond acceptors (Lipinski definition) is 1. The molecule has 0 aromatic heterocycles. The Bertz CT molecular complexity index is 179. The van der Waals surface area contributed by atoms with E-state index in [1.165, 1.54) is 0 Å². The van der Waals surface area contributed by atoms with Crippen LogP contribution >= 0.6 is 0 Å². The molecule has 0 heterocycles. The van der Waals surface area contributed by atoms with Gasteiger partial charge in [-0.3, -0.25) is 0 Å². The van der Waals surface area contributed by atoms with Crippen molar-refractivity contribution in [1.29, 1.82) is 0 Å². The summed E-state index contributed by atoms with van der Waals surface area (Å²) in [5.74, 6) is -2.60. The summed E-state index contributed by atoms with van der Waals surface area (Å²) in [6.07, 6.45) is 2.14. The summed E-state index contributed by atoms with van der Waals surface area (Å²) in [4.78, 5) is 10.7. The van der Waals surface area contributed by atoms with Gasteiger partial charge < -0.3 is 4.79 Å². The normalized spacial score (nSPS) is 33.6. The van der Waals surface area contributed by atoms with Crippen molar-refractivity contribution in [2.45, 2.75) is 45.0 Å². The number of rotatable bonds is 3. The van der Waals surface area contributed by atoms with E-state index < -0.39 is 11.3 Å². The van der Waals surface area contributed by atoms with Crippen molar-refractivity contribution in [2.24, 2.45) is 5.41 Å². The lowest BCUT2D eigenvalue weighted by Gasteiger charge is -2.20. The van der Waals surface area contributed by atoms with E-state index in [4.69, 9.17) is 0 Å². The predicted molar refractivity (Wildman–Crippen MR) is 42.2 cm³/mol. The minimum Gasteiger partial charge on any atom is -0.303 e. The number of carbonyl (C=O) groups is 1. The van der Waals surface area contributed by atoms with Crippen LogP contribution in [0.4, 0.5) is 8.78 Å². The van der Waals surface area contributed by atoms with Gasteiger partial charge in [0, 0.05) is 18.3 Å². The topological polar surface area (TPSA) is 17.1 Å². The van der Waals surface area contributed by atoms with Crippen LogP contribution < -0.4 is 0 Å². The van der Waals surface area contributed by atoms with Crippen LogP contribution in [0.2, 0.25) is 0 Å². The van der Waals surface area contributed by atoms with Gasteiger partial charge >= 0.3 is 0 Å². The maximum Gasteiger partial charge on any atom is 0.249 e. The largest absolute Gasteiger partial charge is 0.303 e. The molecule has 0 aromatic rings. The quantitative estimate of drug-likeness (QED) is 0.604. The minimum atomic E-state index is -2.60. The molecule has 0 aromatic carbocycles.